The van der Waals surface area contributed by atoms with Gasteiger partial charge < -0.3 is 16.0 Å². The van der Waals surface area contributed by atoms with Gasteiger partial charge in [0.2, 0.25) is 0 Å². The second kappa shape index (κ2) is 8.80. The molecule has 0 aliphatic carbocycles. The van der Waals surface area contributed by atoms with Gasteiger partial charge in [-0.25, -0.2) is 0 Å². The maximum absolute atomic E-state index is 12.4. The molecule has 3 rings (SSSR count). The molecule has 1 aromatic heterocycles. The van der Waals surface area contributed by atoms with Crippen molar-refractivity contribution in [3.05, 3.63) is 42.2 Å². The lowest BCUT2D eigenvalue weighted by Gasteiger charge is -2.33. The highest BCUT2D eigenvalue weighted by Crippen LogP contribution is 2.19. The molecule has 1 aliphatic rings. The summed E-state index contributed by atoms with van der Waals surface area (Å²) in [5.74, 6) is -0.101. The number of nitrogens with two attached hydrogens (primary N) is 1. The third-order valence-corrected chi connectivity index (χ3v) is 4.02. The first-order valence-corrected chi connectivity index (χ1v) is 7.52. The molecule has 1 atom stereocenters. The summed E-state index contributed by atoms with van der Waals surface area (Å²) in [4.78, 5) is 14.6. The number of rotatable bonds is 3. The number of aromatic nitrogens is 2. The summed E-state index contributed by atoms with van der Waals surface area (Å²) in [7, 11) is 1.91. The second-order valence-corrected chi connectivity index (χ2v) is 5.72. The lowest BCUT2D eigenvalue weighted by molar-refractivity contribution is 0.0934. The van der Waals surface area contributed by atoms with Crippen LogP contribution in [0.5, 0.6) is 0 Å². The summed E-state index contributed by atoms with van der Waals surface area (Å²) in [6.07, 6.45) is 5.89. The Kier molecular flexibility index (Phi) is 7.38. The molecule has 1 aromatic carbocycles. The summed E-state index contributed by atoms with van der Waals surface area (Å²) in [5, 5.41) is 7.30. The molecule has 1 fully saturated rings. The SMILES string of the molecule is Cl.Cl.Cn1cc(N2CCCC(NC(=O)c3ccccc3N)C2)cn1. The fourth-order valence-electron chi connectivity index (χ4n) is 2.87. The van der Waals surface area contributed by atoms with Crippen molar-refractivity contribution in [1.82, 2.24) is 15.1 Å². The molecule has 1 aliphatic heterocycles. The summed E-state index contributed by atoms with van der Waals surface area (Å²) in [6, 6.07) is 7.29. The number of carbonyl (C=O) groups is 1. The molecule has 0 bridgehead atoms. The molecular formula is C16H23Cl2N5O. The zero-order chi connectivity index (χ0) is 15.5. The predicted octanol–water partition coefficient (Wildman–Crippen LogP) is 2.24. The molecule has 1 unspecified atom stereocenters. The lowest BCUT2D eigenvalue weighted by atomic mass is 10.0. The van der Waals surface area contributed by atoms with Gasteiger partial charge in [-0.2, -0.15) is 5.10 Å². The monoisotopic (exact) mass is 371 g/mol. The van der Waals surface area contributed by atoms with Crippen molar-refractivity contribution >= 4 is 42.1 Å². The second-order valence-electron chi connectivity index (χ2n) is 5.72. The van der Waals surface area contributed by atoms with Crippen molar-refractivity contribution in [1.29, 1.82) is 0 Å². The van der Waals surface area contributed by atoms with Crippen LogP contribution in [0.15, 0.2) is 36.7 Å². The van der Waals surface area contributed by atoms with Crippen molar-refractivity contribution in [3.63, 3.8) is 0 Å². The van der Waals surface area contributed by atoms with E-state index in [0.29, 0.717) is 11.3 Å². The van der Waals surface area contributed by atoms with Crippen molar-refractivity contribution < 1.29 is 4.79 Å². The van der Waals surface area contributed by atoms with Gasteiger partial charge in [0.05, 0.1) is 17.4 Å². The van der Waals surface area contributed by atoms with E-state index < -0.39 is 0 Å². The Labute approximate surface area is 154 Å². The molecule has 2 aromatic rings. The van der Waals surface area contributed by atoms with E-state index in [-0.39, 0.29) is 36.8 Å². The van der Waals surface area contributed by atoms with Gasteiger partial charge >= 0.3 is 0 Å². The van der Waals surface area contributed by atoms with E-state index >= 15 is 0 Å². The van der Waals surface area contributed by atoms with Gasteiger partial charge in [0.15, 0.2) is 0 Å². The topological polar surface area (TPSA) is 76.2 Å². The van der Waals surface area contributed by atoms with Gasteiger partial charge in [0.1, 0.15) is 0 Å². The number of nitrogens with one attached hydrogen (secondary N) is 1. The van der Waals surface area contributed by atoms with Crippen molar-refractivity contribution in [3.8, 4) is 0 Å². The maximum Gasteiger partial charge on any atom is 0.253 e. The van der Waals surface area contributed by atoms with E-state index in [2.05, 4.69) is 15.3 Å². The Bertz CT molecular complexity index is 676. The molecule has 1 amide bonds. The van der Waals surface area contributed by atoms with Crippen LogP contribution in [-0.4, -0.2) is 34.8 Å². The highest BCUT2D eigenvalue weighted by molar-refractivity contribution is 5.99. The highest BCUT2D eigenvalue weighted by Gasteiger charge is 2.23. The number of carbonyl (C=O) groups excluding carboxylic acids is 1. The molecule has 2 heterocycles. The molecule has 8 heteroatoms. The number of anilines is 2. The Morgan fingerprint density at radius 2 is 2.08 bits per heavy atom. The molecule has 0 radical (unpaired) electrons. The minimum atomic E-state index is -0.101. The third-order valence-electron chi connectivity index (χ3n) is 4.02. The zero-order valence-electron chi connectivity index (χ0n) is 13.5. The molecule has 132 valence electrons. The highest BCUT2D eigenvalue weighted by atomic mass is 35.5. The first-order valence-electron chi connectivity index (χ1n) is 7.52. The summed E-state index contributed by atoms with van der Waals surface area (Å²) in [6.45, 7) is 1.79. The third kappa shape index (κ3) is 4.55. The fraction of sp³-hybridized carbons (Fsp3) is 0.375. The zero-order valence-corrected chi connectivity index (χ0v) is 15.1. The number of amides is 1. The molecule has 6 nitrogen and oxygen atoms in total. The number of nitrogens with zero attached hydrogens (tertiary/aromatic N) is 3. The quantitative estimate of drug-likeness (QED) is 0.811. The van der Waals surface area contributed by atoms with Crippen LogP contribution in [0.25, 0.3) is 0 Å². The minimum Gasteiger partial charge on any atom is -0.398 e. The van der Waals surface area contributed by atoms with Crippen molar-refractivity contribution in [2.24, 2.45) is 7.05 Å². The molecule has 1 saturated heterocycles. The number of benzene rings is 1. The number of nitrogen functional groups attached to an aromatic ring is 1. The van der Waals surface area contributed by atoms with E-state index in [1.807, 2.05) is 31.6 Å². The largest absolute Gasteiger partial charge is 0.398 e. The predicted molar refractivity (Wildman–Crippen MR) is 101 cm³/mol. The maximum atomic E-state index is 12.4. The van der Waals surface area contributed by atoms with Crippen LogP contribution in [0.4, 0.5) is 11.4 Å². The average Bonchev–Trinajstić information content (AvgIpc) is 2.94. The lowest BCUT2D eigenvalue weighted by Crippen LogP contribution is -2.47. The van der Waals surface area contributed by atoms with Crippen molar-refractivity contribution in [2.45, 2.75) is 18.9 Å². The number of aryl methyl sites for hydroxylation is 1. The van der Waals surface area contributed by atoms with Gasteiger partial charge in [-0.3, -0.25) is 9.48 Å². The summed E-state index contributed by atoms with van der Waals surface area (Å²) in [5.41, 5.74) is 8.02. The standard InChI is InChI=1S/C16H21N5O.2ClH/c1-20-11-13(9-18-20)21-8-4-5-12(10-21)19-16(22)14-6-2-3-7-15(14)17;;/h2-3,6-7,9,11-12H,4-5,8,10,17H2,1H3,(H,19,22);2*1H. The van der Waals surface area contributed by atoms with Gasteiger partial charge in [0, 0.05) is 38.1 Å². The van der Waals surface area contributed by atoms with Gasteiger partial charge in [-0.05, 0) is 25.0 Å². The number of hydrogen-bond acceptors (Lipinski definition) is 4. The first kappa shape index (κ1) is 20.1. The Balaban J connectivity index is 0.00000144. The van der Waals surface area contributed by atoms with Crippen LogP contribution in [0.1, 0.15) is 23.2 Å². The Morgan fingerprint density at radius 1 is 1.33 bits per heavy atom. The van der Waals surface area contributed by atoms with E-state index in [4.69, 9.17) is 5.73 Å². The number of para-hydroxylation sites is 1. The Morgan fingerprint density at radius 3 is 2.75 bits per heavy atom. The fourth-order valence-corrected chi connectivity index (χ4v) is 2.87. The first-order chi connectivity index (χ1) is 10.6. The molecule has 0 saturated carbocycles. The van der Waals surface area contributed by atoms with Crippen LogP contribution in [-0.2, 0) is 7.05 Å². The number of hydrogen-bond donors (Lipinski definition) is 2. The van der Waals surface area contributed by atoms with Crippen LogP contribution < -0.4 is 16.0 Å². The van der Waals surface area contributed by atoms with E-state index in [0.717, 1.165) is 31.6 Å². The van der Waals surface area contributed by atoms with Crippen molar-refractivity contribution in [2.75, 3.05) is 23.7 Å². The summed E-state index contributed by atoms with van der Waals surface area (Å²) < 4.78 is 1.79. The Hall–Kier alpha value is -1.92. The van der Waals surface area contributed by atoms with Gasteiger partial charge in [-0.1, -0.05) is 12.1 Å². The average molecular weight is 372 g/mol. The van der Waals surface area contributed by atoms with Crippen LogP contribution >= 0.6 is 24.8 Å². The molecule has 24 heavy (non-hydrogen) atoms. The van der Waals surface area contributed by atoms with Crippen LogP contribution in [0.3, 0.4) is 0 Å². The normalized spacial score (nSPS) is 16.7. The molecular weight excluding hydrogens is 349 g/mol. The van der Waals surface area contributed by atoms with E-state index in [1.165, 1.54) is 0 Å². The number of halogens is 2. The number of piperidine rings is 1. The van der Waals surface area contributed by atoms with Gasteiger partial charge in [-0.15, -0.1) is 24.8 Å². The van der Waals surface area contributed by atoms with E-state index in [9.17, 15) is 4.79 Å². The van der Waals surface area contributed by atoms with E-state index in [1.54, 1.807) is 16.8 Å². The molecule has 0 spiro atoms. The molecule has 3 N–H and O–H groups in total. The smallest absolute Gasteiger partial charge is 0.253 e. The van der Waals surface area contributed by atoms with Gasteiger partial charge in [0.25, 0.3) is 5.91 Å². The summed E-state index contributed by atoms with van der Waals surface area (Å²) >= 11 is 0. The van der Waals surface area contributed by atoms with Crippen LogP contribution in [0.2, 0.25) is 0 Å². The van der Waals surface area contributed by atoms with Crippen LogP contribution in [0, 0.1) is 0 Å². The minimum absolute atomic E-state index is 0.